The summed E-state index contributed by atoms with van der Waals surface area (Å²) in [7, 11) is 0. The number of hydrogen-bond donors (Lipinski definition) is 4. The van der Waals surface area contributed by atoms with E-state index in [0.717, 1.165) is 91.6 Å². The zero-order valence-corrected chi connectivity index (χ0v) is 13.9. The van der Waals surface area contributed by atoms with Gasteiger partial charge in [-0.2, -0.15) is 0 Å². The molecular formula is C16H34N6. The Morgan fingerprint density at radius 3 is 1.14 bits per heavy atom. The first-order valence-electron chi connectivity index (χ1n) is 8.88. The lowest BCUT2D eigenvalue weighted by atomic mass is 10.3. The molecule has 0 radical (unpaired) electrons. The highest BCUT2D eigenvalue weighted by atomic mass is 15.2. The fourth-order valence-electron chi connectivity index (χ4n) is 2.84. The van der Waals surface area contributed by atoms with Crippen LogP contribution in [0.15, 0.2) is 12.2 Å². The molecular weight excluding hydrogens is 276 g/mol. The van der Waals surface area contributed by atoms with Gasteiger partial charge >= 0.3 is 0 Å². The summed E-state index contributed by atoms with van der Waals surface area (Å²) in [5.74, 6) is 0. The van der Waals surface area contributed by atoms with Gasteiger partial charge in [0.15, 0.2) is 0 Å². The predicted molar refractivity (Wildman–Crippen MR) is 93.5 cm³/mol. The van der Waals surface area contributed by atoms with Crippen LogP contribution in [-0.2, 0) is 0 Å². The van der Waals surface area contributed by atoms with Gasteiger partial charge in [-0.25, -0.2) is 0 Å². The summed E-state index contributed by atoms with van der Waals surface area (Å²) in [6, 6.07) is 0. The lowest BCUT2D eigenvalue weighted by Crippen LogP contribution is -2.35. The molecule has 0 amide bonds. The van der Waals surface area contributed by atoms with E-state index >= 15 is 0 Å². The fraction of sp³-hybridized carbons (Fsp3) is 0.875. The molecule has 6 nitrogen and oxygen atoms in total. The molecule has 0 atom stereocenters. The van der Waals surface area contributed by atoms with Crippen LogP contribution >= 0.6 is 0 Å². The van der Waals surface area contributed by atoms with Crippen LogP contribution in [0.3, 0.4) is 0 Å². The average molecular weight is 310 g/mol. The topological polar surface area (TPSA) is 54.6 Å². The Morgan fingerprint density at radius 2 is 0.818 bits per heavy atom. The summed E-state index contributed by atoms with van der Waals surface area (Å²) in [6.07, 6.45) is 4.68. The van der Waals surface area contributed by atoms with Crippen molar-refractivity contribution in [3.63, 3.8) is 0 Å². The zero-order valence-electron chi connectivity index (χ0n) is 13.9. The van der Waals surface area contributed by atoms with Gasteiger partial charge in [-0.05, 0) is 0 Å². The van der Waals surface area contributed by atoms with Crippen LogP contribution in [-0.4, -0.2) is 101 Å². The molecule has 22 heavy (non-hydrogen) atoms. The van der Waals surface area contributed by atoms with E-state index in [1.807, 2.05) is 0 Å². The van der Waals surface area contributed by atoms with Gasteiger partial charge in [0.1, 0.15) is 0 Å². The quantitative estimate of drug-likeness (QED) is 0.476. The van der Waals surface area contributed by atoms with Crippen LogP contribution in [0.4, 0.5) is 0 Å². The van der Waals surface area contributed by atoms with Crippen LogP contribution in [0.1, 0.15) is 0 Å². The SMILES string of the molecule is C(=C/CN1CCNCCNCC1)/CN1CCNCCNCC1. The standard InChI is InChI=1S/C16H34N6/c1(11-21-13-7-17-3-4-18-8-14-21)2-12-22-15-9-19-5-6-20-10-16-22/h1-2,17-20H,3-16H2/b2-1-. The van der Waals surface area contributed by atoms with Crippen molar-refractivity contribution in [3.05, 3.63) is 12.2 Å². The van der Waals surface area contributed by atoms with Crippen LogP contribution in [0.25, 0.3) is 0 Å². The molecule has 2 fully saturated rings. The molecule has 128 valence electrons. The maximum atomic E-state index is 3.47. The van der Waals surface area contributed by atoms with E-state index in [1.54, 1.807) is 0 Å². The Hall–Kier alpha value is -0.500. The van der Waals surface area contributed by atoms with Gasteiger partial charge in [0.05, 0.1) is 0 Å². The van der Waals surface area contributed by atoms with Crippen LogP contribution in [0.2, 0.25) is 0 Å². The molecule has 0 aromatic rings. The molecule has 6 heteroatoms. The third-order valence-electron chi connectivity index (χ3n) is 4.27. The third kappa shape index (κ3) is 8.22. The van der Waals surface area contributed by atoms with Crippen molar-refractivity contribution in [2.24, 2.45) is 0 Å². The molecule has 0 saturated carbocycles. The van der Waals surface area contributed by atoms with E-state index in [9.17, 15) is 0 Å². The third-order valence-corrected chi connectivity index (χ3v) is 4.27. The minimum Gasteiger partial charge on any atom is -0.314 e. The number of rotatable bonds is 4. The monoisotopic (exact) mass is 310 g/mol. The number of nitrogens with one attached hydrogen (secondary N) is 4. The van der Waals surface area contributed by atoms with E-state index in [2.05, 4.69) is 43.2 Å². The molecule has 0 aliphatic carbocycles. The highest BCUT2D eigenvalue weighted by molar-refractivity contribution is 4.88. The molecule has 0 aromatic heterocycles. The highest BCUT2D eigenvalue weighted by Gasteiger charge is 2.06. The summed E-state index contributed by atoms with van der Waals surface area (Å²) in [4.78, 5) is 5.03. The first kappa shape index (κ1) is 17.8. The first-order chi connectivity index (χ1) is 10.9. The Balaban J connectivity index is 1.64. The van der Waals surface area contributed by atoms with Crippen molar-refractivity contribution in [3.8, 4) is 0 Å². The van der Waals surface area contributed by atoms with Crippen molar-refractivity contribution >= 4 is 0 Å². The minimum atomic E-state index is 1.06. The maximum Gasteiger partial charge on any atom is 0.0164 e. The molecule has 0 aromatic carbocycles. The summed E-state index contributed by atoms with van der Waals surface area (Å²) < 4.78 is 0. The number of hydrogen-bond acceptors (Lipinski definition) is 6. The van der Waals surface area contributed by atoms with Crippen LogP contribution in [0, 0.1) is 0 Å². The Labute approximate surface area is 135 Å². The van der Waals surface area contributed by atoms with Crippen LogP contribution < -0.4 is 21.3 Å². The molecule has 2 heterocycles. The smallest absolute Gasteiger partial charge is 0.0164 e. The van der Waals surface area contributed by atoms with Crippen molar-refractivity contribution in [1.82, 2.24) is 31.1 Å². The second-order valence-corrected chi connectivity index (χ2v) is 6.07. The summed E-state index contributed by atoms with van der Waals surface area (Å²) in [6.45, 7) is 15.4. The van der Waals surface area contributed by atoms with E-state index < -0.39 is 0 Å². The molecule has 0 bridgehead atoms. The zero-order chi connectivity index (χ0) is 15.3. The van der Waals surface area contributed by atoms with Crippen molar-refractivity contribution < 1.29 is 0 Å². The van der Waals surface area contributed by atoms with Gasteiger partial charge in [0.25, 0.3) is 0 Å². The maximum absolute atomic E-state index is 3.47. The molecule has 2 aliphatic heterocycles. The second kappa shape index (κ2) is 12.0. The van der Waals surface area contributed by atoms with E-state index in [1.165, 1.54) is 0 Å². The predicted octanol–water partition coefficient (Wildman–Crippen LogP) is -1.47. The summed E-state index contributed by atoms with van der Waals surface area (Å²) in [5, 5.41) is 13.9. The Kier molecular flexibility index (Phi) is 9.73. The first-order valence-corrected chi connectivity index (χ1v) is 8.88. The number of nitrogens with zero attached hydrogens (tertiary/aromatic N) is 2. The average Bonchev–Trinajstić information content (AvgIpc) is 2.75. The molecule has 2 rings (SSSR count). The summed E-state index contributed by atoms with van der Waals surface area (Å²) >= 11 is 0. The van der Waals surface area contributed by atoms with Gasteiger partial charge in [0, 0.05) is 91.6 Å². The lowest BCUT2D eigenvalue weighted by Gasteiger charge is -2.21. The normalized spacial score (nSPS) is 24.9. The van der Waals surface area contributed by atoms with Crippen LogP contribution in [0.5, 0.6) is 0 Å². The Bertz CT molecular complexity index is 248. The molecule has 4 N–H and O–H groups in total. The van der Waals surface area contributed by atoms with Gasteiger partial charge < -0.3 is 21.3 Å². The molecule has 2 aliphatic rings. The molecule has 0 spiro atoms. The molecule has 2 saturated heterocycles. The van der Waals surface area contributed by atoms with Gasteiger partial charge in [0.2, 0.25) is 0 Å². The van der Waals surface area contributed by atoms with Gasteiger partial charge in [-0.1, -0.05) is 12.2 Å². The second-order valence-electron chi connectivity index (χ2n) is 6.07. The highest BCUT2D eigenvalue weighted by Crippen LogP contribution is 1.93. The van der Waals surface area contributed by atoms with Gasteiger partial charge in [-0.3, -0.25) is 9.80 Å². The van der Waals surface area contributed by atoms with E-state index in [4.69, 9.17) is 0 Å². The molecule has 0 unspecified atom stereocenters. The lowest BCUT2D eigenvalue weighted by molar-refractivity contribution is 0.302. The van der Waals surface area contributed by atoms with E-state index in [0.29, 0.717) is 0 Å². The summed E-state index contributed by atoms with van der Waals surface area (Å²) in [5.41, 5.74) is 0. The van der Waals surface area contributed by atoms with Gasteiger partial charge in [-0.15, -0.1) is 0 Å². The Morgan fingerprint density at radius 1 is 0.500 bits per heavy atom. The fourth-order valence-corrected chi connectivity index (χ4v) is 2.84. The van der Waals surface area contributed by atoms with E-state index in [-0.39, 0.29) is 0 Å². The minimum absolute atomic E-state index is 1.06. The van der Waals surface area contributed by atoms with Crippen molar-refractivity contribution in [1.29, 1.82) is 0 Å². The largest absolute Gasteiger partial charge is 0.314 e. The van der Waals surface area contributed by atoms with Crippen molar-refractivity contribution in [2.75, 3.05) is 91.6 Å². The van der Waals surface area contributed by atoms with Crippen molar-refractivity contribution in [2.45, 2.75) is 0 Å².